The Hall–Kier alpha value is -2.56. The number of aliphatic hydroxyl groups excluding tert-OH is 1. The molecule has 0 saturated carbocycles. The Balaban J connectivity index is 1.86. The molecule has 1 aromatic carbocycles. The summed E-state index contributed by atoms with van der Waals surface area (Å²) in [5.41, 5.74) is 0.430. The number of anilines is 1. The van der Waals surface area contributed by atoms with E-state index in [0.29, 0.717) is 14.8 Å². The number of amides is 1. The predicted octanol–water partition coefficient (Wildman–Crippen LogP) is 4.24. The molecule has 1 aliphatic rings. The maximum absolute atomic E-state index is 13.4. The number of benzene rings is 1. The number of aliphatic hydroxyl groups is 1. The first kappa shape index (κ1) is 18.8. The Labute approximate surface area is 171 Å². The number of thioether (sulfide) groups is 1. The molecule has 1 atom stereocenters. The van der Waals surface area contributed by atoms with E-state index in [4.69, 9.17) is 0 Å². The number of Topliss-reactive ketones (excluding diaryl/α,β-unsaturated/α-hetero) is 1. The van der Waals surface area contributed by atoms with Gasteiger partial charge >= 0.3 is 0 Å². The average molecular weight is 434 g/mol. The summed E-state index contributed by atoms with van der Waals surface area (Å²) in [6, 6.07) is 7.87. The number of aromatic nitrogens is 2. The van der Waals surface area contributed by atoms with Crippen LogP contribution in [0.25, 0.3) is 0 Å². The highest BCUT2D eigenvalue weighted by atomic mass is 32.2. The van der Waals surface area contributed by atoms with Crippen LogP contribution in [0.5, 0.6) is 0 Å². The van der Waals surface area contributed by atoms with Gasteiger partial charge in [0.05, 0.1) is 16.5 Å². The SMILES string of the molecule is CSc1nnc(N2C(=O)C(O)=C(C(=O)c3cccs3)C2c2ccc(F)cc2)s1. The fourth-order valence-electron chi connectivity index (χ4n) is 2.92. The molecule has 1 unspecified atom stereocenters. The highest BCUT2D eigenvalue weighted by molar-refractivity contribution is 8.00. The molecule has 3 heterocycles. The van der Waals surface area contributed by atoms with Crippen molar-refractivity contribution in [2.75, 3.05) is 11.2 Å². The second-order valence-corrected chi connectivity index (χ2v) is 8.71. The summed E-state index contributed by atoms with van der Waals surface area (Å²) in [6.45, 7) is 0. The van der Waals surface area contributed by atoms with Crippen LogP contribution in [0.2, 0.25) is 0 Å². The first-order valence-electron chi connectivity index (χ1n) is 7.99. The number of halogens is 1. The summed E-state index contributed by atoms with van der Waals surface area (Å²) < 4.78 is 14.1. The number of carbonyl (C=O) groups excluding carboxylic acids is 2. The zero-order chi connectivity index (χ0) is 19.8. The van der Waals surface area contributed by atoms with E-state index in [9.17, 15) is 19.1 Å². The molecule has 0 fully saturated rings. The molecule has 28 heavy (non-hydrogen) atoms. The zero-order valence-electron chi connectivity index (χ0n) is 14.3. The number of hydrogen-bond acceptors (Lipinski definition) is 8. The molecule has 1 amide bonds. The Morgan fingerprint density at radius 1 is 1.25 bits per heavy atom. The maximum atomic E-state index is 13.4. The molecule has 3 aromatic rings. The fraction of sp³-hybridized carbons (Fsp3) is 0.111. The second kappa shape index (κ2) is 7.46. The lowest BCUT2D eigenvalue weighted by atomic mass is 9.95. The molecule has 0 aliphatic carbocycles. The smallest absolute Gasteiger partial charge is 0.296 e. The first-order chi connectivity index (χ1) is 13.5. The summed E-state index contributed by atoms with van der Waals surface area (Å²) in [5.74, 6) is -2.27. The minimum Gasteiger partial charge on any atom is -0.503 e. The van der Waals surface area contributed by atoms with Crippen molar-refractivity contribution in [3.63, 3.8) is 0 Å². The van der Waals surface area contributed by atoms with Crippen molar-refractivity contribution in [2.24, 2.45) is 0 Å². The number of rotatable bonds is 5. The van der Waals surface area contributed by atoms with Gasteiger partial charge in [0.25, 0.3) is 5.91 Å². The standard InChI is InChI=1S/C18H12FN3O3S3/c1-26-18-21-20-17(28-18)22-13(9-4-6-10(19)7-5-9)12(15(24)16(22)25)14(23)11-3-2-8-27-11/h2-8,13,24H,1H3. The Morgan fingerprint density at radius 3 is 2.61 bits per heavy atom. The second-order valence-electron chi connectivity index (χ2n) is 5.75. The Kier molecular flexibility index (Phi) is 5.00. The van der Waals surface area contributed by atoms with Crippen molar-refractivity contribution in [3.05, 3.63) is 69.4 Å². The lowest BCUT2D eigenvalue weighted by Crippen LogP contribution is -2.31. The van der Waals surface area contributed by atoms with E-state index in [1.165, 1.54) is 63.6 Å². The van der Waals surface area contributed by atoms with Crippen LogP contribution in [-0.2, 0) is 4.79 Å². The molecular formula is C18H12FN3O3S3. The van der Waals surface area contributed by atoms with Crippen LogP contribution in [0.3, 0.4) is 0 Å². The van der Waals surface area contributed by atoms with Crippen molar-refractivity contribution in [1.82, 2.24) is 10.2 Å². The van der Waals surface area contributed by atoms with Crippen LogP contribution in [0, 0.1) is 5.82 Å². The number of nitrogens with zero attached hydrogens (tertiary/aromatic N) is 3. The summed E-state index contributed by atoms with van der Waals surface area (Å²) in [6.07, 6.45) is 1.83. The van der Waals surface area contributed by atoms with Gasteiger partial charge in [-0.05, 0) is 35.4 Å². The van der Waals surface area contributed by atoms with Crippen LogP contribution < -0.4 is 4.90 Å². The van der Waals surface area contributed by atoms with Crippen LogP contribution in [-0.4, -0.2) is 33.3 Å². The van der Waals surface area contributed by atoms with Gasteiger partial charge in [-0.2, -0.15) is 0 Å². The van der Waals surface area contributed by atoms with Gasteiger partial charge < -0.3 is 5.11 Å². The number of thiophene rings is 1. The average Bonchev–Trinajstić information content (AvgIpc) is 3.43. The predicted molar refractivity (Wildman–Crippen MR) is 107 cm³/mol. The minimum absolute atomic E-state index is 0.0556. The van der Waals surface area contributed by atoms with Crippen molar-refractivity contribution < 1.29 is 19.1 Å². The van der Waals surface area contributed by atoms with Gasteiger partial charge in [-0.1, -0.05) is 41.3 Å². The lowest BCUT2D eigenvalue weighted by molar-refractivity contribution is -0.117. The highest BCUT2D eigenvalue weighted by Gasteiger charge is 2.46. The van der Waals surface area contributed by atoms with E-state index >= 15 is 0 Å². The van der Waals surface area contributed by atoms with Crippen molar-refractivity contribution in [2.45, 2.75) is 10.4 Å². The topological polar surface area (TPSA) is 83.4 Å². The van der Waals surface area contributed by atoms with Crippen molar-refractivity contribution >= 4 is 51.3 Å². The van der Waals surface area contributed by atoms with Crippen LogP contribution in [0.1, 0.15) is 21.3 Å². The minimum atomic E-state index is -0.926. The quantitative estimate of drug-likeness (QED) is 0.368. The molecule has 10 heteroatoms. The number of ketones is 1. The van der Waals surface area contributed by atoms with E-state index in [1.807, 2.05) is 6.26 Å². The Bertz CT molecular complexity index is 1080. The van der Waals surface area contributed by atoms with E-state index in [-0.39, 0.29) is 10.7 Å². The molecule has 1 aliphatic heterocycles. The third-order valence-corrected chi connectivity index (χ3v) is 6.93. The fourth-order valence-corrected chi connectivity index (χ4v) is 4.88. The molecule has 142 valence electrons. The highest BCUT2D eigenvalue weighted by Crippen LogP contribution is 2.43. The number of carbonyl (C=O) groups is 2. The van der Waals surface area contributed by atoms with Gasteiger partial charge in [0.1, 0.15) is 5.82 Å². The molecule has 6 nitrogen and oxygen atoms in total. The van der Waals surface area contributed by atoms with E-state index in [0.717, 1.165) is 0 Å². The van der Waals surface area contributed by atoms with E-state index in [2.05, 4.69) is 10.2 Å². The summed E-state index contributed by atoms with van der Waals surface area (Å²) in [7, 11) is 0. The van der Waals surface area contributed by atoms with Gasteiger partial charge in [-0.3, -0.25) is 14.5 Å². The van der Waals surface area contributed by atoms with Crippen LogP contribution >= 0.6 is 34.4 Å². The molecule has 2 aromatic heterocycles. The summed E-state index contributed by atoms with van der Waals surface area (Å²) >= 11 is 3.76. The lowest BCUT2D eigenvalue weighted by Gasteiger charge is -2.23. The van der Waals surface area contributed by atoms with Gasteiger partial charge in [0.2, 0.25) is 10.9 Å². The first-order valence-corrected chi connectivity index (χ1v) is 10.9. The van der Waals surface area contributed by atoms with Gasteiger partial charge in [-0.15, -0.1) is 21.5 Å². The van der Waals surface area contributed by atoms with Crippen molar-refractivity contribution in [3.8, 4) is 0 Å². The van der Waals surface area contributed by atoms with Gasteiger partial charge in [0, 0.05) is 0 Å². The molecule has 0 spiro atoms. The zero-order valence-corrected chi connectivity index (χ0v) is 16.8. The Morgan fingerprint density at radius 2 is 2.00 bits per heavy atom. The maximum Gasteiger partial charge on any atom is 0.296 e. The monoisotopic (exact) mass is 433 g/mol. The summed E-state index contributed by atoms with van der Waals surface area (Å²) in [4.78, 5) is 27.6. The van der Waals surface area contributed by atoms with Crippen LogP contribution in [0.15, 0.2) is 57.5 Å². The van der Waals surface area contributed by atoms with Crippen molar-refractivity contribution in [1.29, 1.82) is 0 Å². The molecule has 4 rings (SSSR count). The van der Waals surface area contributed by atoms with Crippen LogP contribution in [0.4, 0.5) is 9.52 Å². The largest absolute Gasteiger partial charge is 0.503 e. The molecule has 1 N–H and O–H groups in total. The third kappa shape index (κ3) is 3.13. The number of hydrogen-bond donors (Lipinski definition) is 1. The molecule has 0 bridgehead atoms. The van der Waals surface area contributed by atoms with Gasteiger partial charge in [-0.25, -0.2) is 4.39 Å². The molecule has 0 saturated heterocycles. The molecule has 0 radical (unpaired) electrons. The van der Waals surface area contributed by atoms with Gasteiger partial charge in [0.15, 0.2) is 10.1 Å². The van der Waals surface area contributed by atoms with E-state index in [1.54, 1.807) is 17.5 Å². The molecular weight excluding hydrogens is 421 g/mol. The normalized spacial score (nSPS) is 16.9. The van der Waals surface area contributed by atoms with E-state index < -0.39 is 29.3 Å². The third-order valence-electron chi connectivity index (χ3n) is 4.16. The summed E-state index contributed by atoms with van der Waals surface area (Å²) in [5, 5.41) is 20.6.